The number of aryl methyl sites for hydroxylation is 1. The lowest BCUT2D eigenvalue weighted by atomic mass is 10.3. The highest BCUT2D eigenvalue weighted by Crippen LogP contribution is 2.29. The molecule has 0 radical (unpaired) electrons. The summed E-state index contributed by atoms with van der Waals surface area (Å²) < 4.78 is 3.72. The topological polar surface area (TPSA) is 73.8 Å². The fraction of sp³-hybridized carbons (Fsp3) is 0.214. The molecular weight excluding hydrogens is 298 g/mol. The van der Waals surface area contributed by atoms with Crippen LogP contribution in [0, 0.1) is 6.92 Å². The van der Waals surface area contributed by atoms with Crippen LogP contribution >= 0.6 is 11.3 Å². The highest BCUT2D eigenvalue weighted by Gasteiger charge is 2.17. The van der Waals surface area contributed by atoms with Gasteiger partial charge >= 0.3 is 0 Å². The van der Waals surface area contributed by atoms with E-state index in [1.807, 2.05) is 23.0 Å². The van der Waals surface area contributed by atoms with Crippen molar-refractivity contribution in [1.29, 1.82) is 0 Å². The van der Waals surface area contributed by atoms with Crippen molar-refractivity contribution in [3.05, 3.63) is 36.4 Å². The van der Waals surface area contributed by atoms with E-state index in [4.69, 9.17) is 0 Å². The number of fused-ring (bicyclic) bond motifs is 1. The van der Waals surface area contributed by atoms with Crippen molar-refractivity contribution in [3.63, 3.8) is 0 Å². The van der Waals surface area contributed by atoms with Crippen LogP contribution in [0.4, 0.5) is 0 Å². The van der Waals surface area contributed by atoms with Gasteiger partial charge in [-0.15, -0.1) is 10.2 Å². The second-order valence-electron chi connectivity index (χ2n) is 4.83. The van der Waals surface area contributed by atoms with E-state index in [0.717, 1.165) is 33.3 Å². The van der Waals surface area contributed by atoms with Crippen LogP contribution in [-0.2, 0) is 6.54 Å². The number of aromatic nitrogens is 7. The van der Waals surface area contributed by atoms with Gasteiger partial charge in [0, 0.05) is 30.2 Å². The minimum absolute atomic E-state index is 0.700. The van der Waals surface area contributed by atoms with E-state index >= 15 is 0 Å². The lowest BCUT2D eigenvalue weighted by Crippen LogP contribution is -1.98. The Kier molecular flexibility index (Phi) is 2.97. The monoisotopic (exact) mass is 311 g/mol. The van der Waals surface area contributed by atoms with Gasteiger partial charge in [-0.2, -0.15) is 14.7 Å². The summed E-state index contributed by atoms with van der Waals surface area (Å²) in [5.41, 5.74) is 3.04. The van der Waals surface area contributed by atoms with Crippen LogP contribution in [0.1, 0.15) is 12.6 Å². The second kappa shape index (κ2) is 4.99. The smallest absolute Gasteiger partial charge is 0.235 e. The normalized spacial score (nSPS) is 11.4. The summed E-state index contributed by atoms with van der Waals surface area (Å²) in [4.78, 5) is 4.88. The van der Waals surface area contributed by atoms with Crippen LogP contribution in [0.25, 0.3) is 26.9 Å². The Labute approximate surface area is 130 Å². The maximum Gasteiger partial charge on any atom is 0.235 e. The molecule has 0 saturated heterocycles. The van der Waals surface area contributed by atoms with Gasteiger partial charge in [0.1, 0.15) is 0 Å². The Bertz CT molecular complexity index is 935. The number of hydrogen-bond acceptors (Lipinski definition) is 6. The van der Waals surface area contributed by atoms with Crippen LogP contribution in [0.5, 0.6) is 0 Å². The predicted octanol–water partition coefficient (Wildman–Crippen LogP) is 2.44. The van der Waals surface area contributed by atoms with Gasteiger partial charge in [0.05, 0.1) is 11.8 Å². The molecule has 7 nitrogen and oxygen atoms in total. The molecule has 8 heteroatoms. The summed E-state index contributed by atoms with van der Waals surface area (Å²) >= 11 is 1.51. The molecule has 0 saturated carbocycles. The maximum absolute atomic E-state index is 4.66. The summed E-state index contributed by atoms with van der Waals surface area (Å²) in [5.74, 6) is 0.700. The molecule has 4 aromatic heterocycles. The molecule has 110 valence electrons. The van der Waals surface area contributed by atoms with Crippen LogP contribution < -0.4 is 0 Å². The van der Waals surface area contributed by atoms with Gasteiger partial charge in [0.2, 0.25) is 4.96 Å². The molecule has 0 spiro atoms. The lowest BCUT2D eigenvalue weighted by Gasteiger charge is -1.99. The Morgan fingerprint density at radius 3 is 2.86 bits per heavy atom. The Balaban J connectivity index is 1.85. The molecule has 0 aliphatic heterocycles. The van der Waals surface area contributed by atoms with Gasteiger partial charge < -0.3 is 0 Å². The Hall–Kier alpha value is -2.61. The van der Waals surface area contributed by atoms with Crippen LogP contribution in [0.3, 0.4) is 0 Å². The molecule has 0 atom stereocenters. The van der Waals surface area contributed by atoms with E-state index in [9.17, 15) is 0 Å². The number of rotatable bonds is 3. The van der Waals surface area contributed by atoms with Crippen molar-refractivity contribution >= 4 is 16.3 Å². The van der Waals surface area contributed by atoms with Crippen LogP contribution in [0.2, 0.25) is 0 Å². The quantitative estimate of drug-likeness (QED) is 0.581. The van der Waals surface area contributed by atoms with Crippen molar-refractivity contribution in [1.82, 2.24) is 34.6 Å². The molecule has 0 aromatic carbocycles. The second-order valence-corrected chi connectivity index (χ2v) is 5.78. The van der Waals surface area contributed by atoms with E-state index in [2.05, 4.69) is 39.2 Å². The van der Waals surface area contributed by atoms with Crippen LogP contribution in [0.15, 0.2) is 30.7 Å². The molecule has 0 amide bonds. The Morgan fingerprint density at radius 2 is 2.14 bits per heavy atom. The van der Waals surface area contributed by atoms with Gasteiger partial charge in [-0.25, -0.2) is 0 Å². The molecule has 0 unspecified atom stereocenters. The first-order valence-electron chi connectivity index (χ1n) is 6.93. The van der Waals surface area contributed by atoms with Gasteiger partial charge in [0.25, 0.3) is 0 Å². The summed E-state index contributed by atoms with van der Waals surface area (Å²) in [6.45, 7) is 4.97. The van der Waals surface area contributed by atoms with E-state index in [-0.39, 0.29) is 0 Å². The van der Waals surface area contributed by atoms with Crippen molar-refractivity contribution in [2.75, 3.05) is 0 Å². The molecule has 0 aliphatic rings. The highest BCUT2D eigenvalue weighted by atomic mass is 32.1. The molecule has 0 fully saturated rings. The average Bonchev–Trinajstić information content (AvgIpc) is 3.21. The van der Waals surface area contributed by atoms with E-state index in [1.54, 1.807) is 16.9 Å². The van der Waals surface area contributed by atoms with E-state index < -0.39 is 0 Å². The van der Waals surface area contributed by atoms with E-state index in [0.29, 0.717) is 5.82 Å². The molecule has 0 N–H and O–H groups in total. The molecule has 22 heavy (non-hydrogen) atoms. The van der Waals surface area contributed by atoms with Gasteiger partial charge in [-0.1, -0.05) is 11.3 Å². The number of pyridine rings is 1. The SMILES string of the molecule is CCn1ncc(-c2nn3c(-c4cccnc4)nnc3s2)c1C. The molecule has 4 heterocycles. The lowest BCUT2D eigenvalue weighted by molar-refractivity contribution is 0.640. The fourth-order valence-electron chi connectivity index (χ4n) is 2.38. The standard InChI is InChI=1S/C14H13N7S/c1-3-20-9(2)11(8-16-20)13-19-21-12(17-18-14(21)22-13)10-5-4-6-15-7-10/h4-8H,3H2,1-2H3. The number of hydrogen-bond donors (Lipinski definition) is 0. The van der Waals surface area contributed by atoms with Crippen molar-refractivity contribution < 1.29 is 0 Å². The zero-order valence-corrected chi connectivity index (χ0v) is 12.9. The largest absolute Gasteiger partial charge is 0.269 e. The van der Waals surface area contributed by atoms with Gasteiger partial charge in [0.15, 0.2) is 10.8 Å². The molecule has 4 rings (SSSR count). The molecular formula is C14H13N7S. The van der Waals surface area contributed by atoms with Gasteiger partial charge in [-0.05, 0) is 26.0 Å². The summed E-state index contributed by atoms with van der Waals surface area (Å²) in [5, 5.41) is 18.3. The van der Waals surface area contributed by atoms with Crippen molar-refractivity contribution in [2.24, 2.45) is 0 Å². The fourth-order valence-corrected chi connectivity index (χ4v) is 3.28. The minimum atomic E-state index is 0.700. The third-order valence-corrected chi connectivity index (χ3v) is 4.48. The first-order valence-corrected chi connectivity index (χ1v) is 7.75. The van der Waals surface area contributed by atoms with Crippen molar-refractivity contribution in [3.8, 4) is 22.0 Å². The highest BCUT2D eigenvalue weighted by molar-refractivity contribution is 7.19. The molecule has 0 aliphatic carbocycles. The summed E-state index contributed by atoms with van der Waals surface area (Å²) in [6.07, 6.45) is 5.35. The zero-order valence-electron chi connectivity index (χ0n) is 12.1. The minimum Gasteiger partial charge on any atom is -0.269 e. The predicted molar refractivity (Wildman–Crippen MR) is 83.5 cm³/mol. The van der Waals surface area contributed by atoms with Crippen molar-refractivity contribution in [2.45, 2.75) is 20.4 Å². The number of nitrogens with zero attached hydrogens (tertiary/aromatic N) is 7. The summed E-state index contributed by atoms with van der Waals surface area (Å²) in [7, 11) is 0. The zero-order chi connectivity index (χ0) is 15.1. The molecule has 4 aromatic rings. The third-order valence-electron chi connectivity index (χ3n) is 3.54. The first-order chi connectivity index (χ1) is 10.8. The first kappa shape index (κ1) is 13.1. The van der Waals surface area contributed by atoms with Crippen LogP contribution in [-0.4, -0.2) is 34.6 Å². The molecule has 0 bridgehead atoms. The third kappa shape index (κ3) is 1.92. The Morgan fingerprint density at radius 1 is 1.23 bits per heavy atom. The van der Waals surface area contributed by atoms with Gasteiger partial charge in [-0.3, -0.25) is 9.67 Å². The van der Waals surface area contributed by atoms with E-state index in [1.165, 1.54) is 11.3 Å². The average molecular weight is 311 g/mol. The summed E-state index contributed by atoms with van der Waals surface area (Å²) in [6, 6.07) is 3.82. The maximum atomic E-state index is 4.66.